The minimum absolute atomic E-state index is 0.317. The largest absolute Gasteiger partial charge is 0.416 e. The van der Waals surface area contributed by atoms with Gasteiger partial charge in [-0.3, -0.25) is 0 Å². The molecule has 19 heavy (non-hydrogen) atoms. The highest BCUT2D eigenvalue weighted by atomic mass is 19.4. The molecule has 0 fully saturated rings. The molecule has 0 aliphatic carbocycles. The third kappa shape index (κ3) is 3.52. The van der Waals surface area contributed by atoms with Gasteiger partial charge in [0.1, 0.15) is 0 Å². The van der Waals surface area contributed by atoms with E-state index in [1.807, 2.05) is 0 Å². The van der Waals surface area contributed by atoms with Gasteiger partial charge in [0.25, 0.3) is 0 Å². The molecule has 2 aromatic carbocycles. The summed E-state index contributed by atoms with van der Waals surface area (Å²) in [7, 11) is 0. The van der Waals surface area contributed by atoms with E-state index in [0.29, 0.717) is 16.8 Å². The van der Waals surface area contributed by atoms with E-state index in [9.17, 15) is 13.2 Å². The zero-order chi connectivity index (χ0) is 13.9. The lowest BCUT2D eigenvalue weighted by atomic mass is 10.1. The Kier molecular flexibility index (Phi) is 3.48. The molecule has 0 spiro atoms. The van der Waals surface area contributed by atoms with Crippen molar-refractivity contribution < 1.29 is 13.2 Å². The van der Waals surface area contributed by atoms with Crippen molar-refractivity contribution >= 4 is 5.69 Å². The van der Waals surface area contributed by atoms with Crippen LogP contribution in [0.4, 0.5) is 18.9 Å². The highest BCUT2D eigenvalue weighted by Crippen LogP contribution is 2.29. The molecule has 0 radical (unpaired) electrons. The van der Waals surface area contributed by atoms with Gasteiger partial charge in [0.15, 0.2) is 0 Å². The number of rotatable bonds is 0. The van der Waals surface area contributed by atoms with Crippen molar-refractivity contribution in [2.24, 2.45) is 0 Å². The number of anilines is 1. The maximum Gasteiger partial charge on any atom is 0.416 e. The van der Waals surface area contributed by atoms with Crippen LogP contribution in [-0.4, -0.2) is 0 Å². The lowest BCUT2D eigenvalue weighted by Gasteiger charge is -2.05. The molecule has 0 atom stereocenters. The predicted molar refractivity (Wildman–Crippen MR) is 68.3 cm³/mol. The van der Waals surface area contributed by atoms with Crippen LogP contribution in [0.5, 0.6) is 0 Å². The summed E-state index contributed by atoms with van der Waals surface area (Å²) in [5.74, 6) is 5.48. The summed E-state index contributed by atoms with van der Waals surface area (Å²) in [5.41, 5.74) is 6.44. The standard InChI is InChI=1S/C15H10F3N/c16-15(17,18)13-5-1-3-11(9-13)7-8-12-4-2-6-14(19)10-12/h1-6,9-10H,19H2. The van der Waals surface area contributed by atoms with E-state index < -0.39 is 11.7 Å². The van der Waals surface area contributed by atoms with E-state index in [1.165, 1.54) is 12.1 Å². The molecule has 0 bridgehead atoms. The molecular weight excluding hydrogens is 251 g/mol. The predicted octanol–water partition coefficient (Wildman–Crippen LogP) is 3.69. The monoisotopic (exact) mass is 261 g/mol. The van der Waals surface area contributed by atoms with Gasteiger partial charge in [-0.25, -0.2) is 0 Å². The van der Waals surface area contributed by atoms with Crippen molar-refractivity contribution in [1.82, 2.24) is 0 Å². The molecular formula is C15H10F3N. The minimum Gasteiger partial charge on any atom is -0.399 e. The van der Waals surface area contributed by atoms with Crippen LogP contribution in [0.15, 0.2) is 48.5 Å². The van der Waals surface area contributed by atoms with E-state index in [-0.39, 0.29) is 0 Å². The van der Waals surface area contributed by atoms with Gasteiger partial charge < -0.3 is 5.73 Å². The van der Waals surface area contributed by atoms with E-state index in [4.69, 9.17) is 5.73 Å². The summed E-state index contributed by atoms with van der Waals surface area (Å²) in [5, 5.41) is 0. The SMILES string of the molecule is Nc1cccc(C#Cc2cccc(C(F)(F)F)c2)c1. The summed E-state index contributed by atoms with van der Waals surface area (Å²) in [6.45, 7) is 0. The van der Waals surface area contributed by atoms with Crippen LogP contribution in [0.25, 0.3) is 0 Å². The lowest BCUT2D eigenvalue weighted by Crippen LogP contribution is -2.04. The van der Waals surface area contributed by atoms with Crippen LogP contribution in [-0.2, 0) is 6.18 Å². The molecule has 0 saturated heterocycles. The third-order valence-corrected chi connectivity index (χ3v) is 2.43. The molecule has 96 valence electrons. The van der Waals surface area contributed by atoms with Crippen molar-refractivity contribution in [3.05, 3.63) is 65.2 Å². The zero-order valence-electron chi connectivity index (χ0n) is 9.83. The van der Waals surface area contributed by atoms with Gasteiger partial charge in [-0.05, 0) is 36.4 Å². The highest BCUT2D eigenvalue weighted by Gasteiger charge is 2.30. The van der Waals surface area contributed by atoms with Gasteiger partial charge in [-0.1, -0.05) is 24.0 Å². The zero-order valence-corrected chi connectivity index (χ0v) is 9.83. The number of benzene rings is 2. The fourth-order valence-corrected chi connectivity index (χ4v) is 1.53. The van der Waals surface area contributed by atoms with E-state index in [1.54, 1.807) is 24.3 Å². The topological polar surface area (TPSA) is 26.0 Å². The van der Waals surface area contributed by atoms with Gasteiger partial charge in [-0.2, -0.15) is 13.2 Å². The Morgan fingerprint density at radius 3 is 2.00 bits per heavy atom. The Hall–Kier alpha value is -2.41. The molecule has 2 rings (SSSR count). The van der Waals surface area contributed by atoms with Gasteiger partial charge in [-0.15, -0.1) is 0 Å². The fraction of sp³-hybridized carbons (Fsp3) is 0.0667. The molecule has 0 aromatic heterocycles. The first-order valence-corrected chi connectivity index (χ1v) is 5.50. The second kappa shape index (κ2) is 5.07. The third-order valence-electron chi connectivity index (χ3n) is 2.43. The Morgan fingerprint density at radius 2 is 1.42 bits per heavy atom. The Labute approximate surface area is 108 Å². The number of nitrogens with two attached hydrogens (primary N) is 1. The molecule has 2 N–H and O–H groups in total. The van der Waals surface area contributed by atoms with Gasteiger partial charge in [0.05, 0.1) is 5.56 Å². The number of alkyl halides is 3. The van der Waals surface area contributed by atoms with Crippen LogP contribution >= 0.6 is 0 Å². The molecule has 0 aliphatic rings. The maximum atomic E-state index is 12.5. The summed E-state index contributed by atoms with van der Waals surface area (Å²) in [6, 6.07) is 11.8. The average Bonchev–Trinajstić information content (AvgIpc) is 2.36. The van der Waals surface area contributed by atoms with Crippen molar-refractivity contribution in [2.75, 3.05) is 5.73 Å². The molecule has 0 amide bonds. The molecule has 1 nitrogen and oxygen atoms in total. The number of hydrogen-bond donors (Lipinski definition) is 1. The van der Waals surface area contributed by atoms with Crippen molar-refractivity contribution in [2.45, 2.75) is 6.18 Å². The Morgan fingerprint density at radius 1 is 0.842 bits per heavy atom. The van der Waals surface area contributed by atoms with Gasteiger partial charge in [0.2, 0.25) is 0 Å². The quantitative estimate of drug-likeness (QED) is 0.568. The van der Waals surface area contributed by atoms with Gasteiger partial charge >= 0.3 is 6.18 Å². The second-order valence-electron chi connectivity index (χ2n) is 3.95. The highest BCUT2D eigenvalue weighted by molar-refractivity contribution is 5.50. The second-order valence-corrected chi connectivity index (χ2v) is 3.95. The van der Waals surface area contributed by atoms with Crippen LogP contribution < -0.4 is 5.73 Å². The first kappa shape index (κ1) is 13.0. The van der Waals surface area contributed by atoms with Crippen molar-refractivity contribution in [1.29, 1.82) is 0 Å². The van der Waals surface area contributed by atoms with E-state index >= 15 is 0 Å². The van der Waals surface area contributed by atoms with Crippen LogP contribution in [0.3, 0.4) is 0 Å². The average molecular weight is 261 g/mol. The van der Waals surface area contributed by atoms with Crippen molar-refractivity contribution in [3.63, 3.8) is 0 Å². The molecule has 0 aliphatic heterocycles. The summed E-state index contributed by atoms with van der Waals surface area (Å²) < 4.78 is 37.6. The molecule has 0 heterocycles. The smallest absolute Gasteiger partial charge is 0.399 e. The van der Waals surface area contributed by atoms with Crippen LogP contribution in [0.1, 0.15) is 16.7 Å². The summed E-state index contributed by atoms with van der Waals surface area (Å²) in [4.78, 5) is 0. The van der Waals surface area contributed by atoms with Gasteiger partial charge in [0, 0.05) is 16.8 Å². The van der Waals surface area contributed by atoms with E-state index in [0.717, 1.165) is 12.1 Å². The van der Waals surface area contributed by atoms with Crippen molar-refractivity contribution in [3.8, 4) is 11.8 Å². The molecule has 4 heteroatoms. The Bertz CT molecular complexity index is 648. The van der Waals surface area contributed by atoms with Crippen LogP contribution in [0.2, 0.25) is 0 Å². The molecule has 0 unspecified atom stereocenters. The lowest BCUT2D eigenvalue weighted by molar-refractivity contribution is -0.137. The normalized spacial score (nSPS) is 10.7. The minimum atomic E-state index is -4.35. The summed E-state index contributed by atoms with van der Waals surface area (Å²) in [6.07, 6.45) is -4.35. The maximum absolute atomic E-state index is 12.5. The first-order chi connectivity index (χ1) is 8.95. The van der Waals surface area contributed by atoms with Crippen LogP contribution in [0, 0.1) is 11.8 Å². The number of hydrogen-bond acceptors (Lipinski definition) is 1. The molecule has 2 aromatic rings. The fourth-order valence-electron chi connectivity index (χ4n) is 1.53. The van der Waals surface area contributed by atoms with E-state index in [2.05, 4.69) is 11.8 Å². The number of nitrogen functional groups attached to an aromatic ring is 1. The summed E-state index contributed by atoms with van der Waals surface area (Å²) >= 11 is 0. The number of halogens is 3. The first-order valence-electron chi connectivity index (χ1n) is 5.50. The Balaban J connectivity index is 2.30. The molecule has 0 saturated carbocycles.